The van der Waals surface area contributed by atoms with Gasteiger partial charge in [0.15, 0.2) is 28.3 Å². The molecule has 9 heteroatoms. The van der Waals surface area contributed by atoms with E-state index in [1.54, 1.807) is 0 Å². The molecular weight excluding hydrogens is 422 g/mol. The van der Waals surface area contributed by atoms with Gasteiger partial charge < -0.3 is 20.5 Å². The average Bonchev–Trinajstić information content (AvgIpc) is 3.13. The maximum atomic E-state index is 6.24. The standard InChI is InChI=1S/C21H18ClN5O2S/c1-30-21-26-19(23)18-20(27-21)25-15(12-4-7-16-17(8-12)29-10-28-16)9-14(24-18)11-2-5-13(22)6-3-11/h2-8,15H,9-10H2,1H3,(H3,23,25,26,27). The van der Waals surface area contributed by atoms with Crippen LogP contribution in [0.1, 0.15) is 23.6 Å². The van der Waals surface area contributed by atoms with Crippen LogP contribution in [0.4, 0.5) is 17.3 Å². The lowest BCUT2D eigenvalue weighted by Crippen LogP contribution is -2.15. The molecule has 1 unspecified atom stereocenters. The number of thioether (sulfide) groups is 1. The van der Waals surface area contributed by atoms with Crippen molar-refractivity contribution in [1.29, 1.82) is 0 Å². The number of ether oxygens (including phenoxy) is 2. The number of nitrogens with one attached hydrogen (secondary N) is 1. The van der Waals surface area contributed by atoms with E-state index in [-0.39, 0.29) is 12.8 Å². The van der Waals surface area contributed by atoms with Gasteiger partial charge in [-0.3, -0.25) is 0 Å². The molecule has 0 fully saturated rings. The van der Waals surface area contributed by atoms with Crippen LogP contribution in [0, 0.1) is 0 Å². The lowest BCUT2D eigenvalue weighted by Gasteiger charge is -2.19. The van der Waals surface area contributed by atoms with E-state index in [9.17, 15) is 0 Å². The highest BCUT2D eigenvalue weighted by Gasteiger charge is 2.26. The molecular formula is C21H18ClN5O2S. The lowest BCUT2D eigenvalue weighted by atomic mass is 9.97. The van der Waals surface area contributed by atoms with Gasteiger partial charge in [0.2, 0.25) is 6.79 Å². The molecule has 0 radical (unpaired) electrons. The van der Waals surface area contributed by atoms with Crippen LogP contribution in [-0.2, 0) is 0 Å². The van der Waals surface area contributed by atoms with E-state index in [0.717, 1.165) is 28.3 Å². The van der Waals surface area contributed by atoms with Gasteiger partial charge in [-0.1, -0.05) is 41.6 Å². The molecule has 3 aromatic rings. The number of fused-ring (bicyclic) bond motifs is 2. The first-order valence-electron chi connectivity index (χ1n) is 9.32. The van der Waals surface area contributed by atoms with E-state index in [4.69, 9.17) is 31.8 Å². The molecule has 1 aromatic heterocycles. The van der Waals surface area contributed by atoms with Crippen molar-refractivity contribution >= 4 is 46.4 Å². The minimum absolute atomic E-state index is 0.0980. The Hall–Kier alpha value is -2.97. The van der Waals surface area contributed by atoms with Crippen molar-refractivity contribution in [3.05, 3.63) is 58.6 Å². The third-order valence-electron chi connectivity index (χ3n) is 5.00. The fourth-order valence-electron chi connectivity index (χ4n) is 3.50. The number of hydrogen-bond acceptors (Lipinski definition) is 8. The summed E-state index contributed by atoms with van der Waals surface area (Å²) in [5.74, 6) is 2.43. The van der Waals surface area contributed by atoms with E-state index in [2.05, 4.69) is 15.3 Å². The van der Waals surface area contributed by atoms with Crippen molar-refractivity contribution in [2.75, 3.05) is 24.1 Å². The summed E-state index contributed by atoms with van der Waals surface area (Å²) in [7, 11) is 0. The van der Waals surface area contributed by atoms with Gasteiger partial charge in [0.05, 0.1) is 11.8 Å². The highest BCUT2D eigenvalue weighted by molar-refractivity contribution is 7.98. The normalized spacial score (nSPS) is 17.0. The molecule has 2 aliphatic rings. The number of halogens is 1. The van der Waals surface area contributed by atoms with Crippen molar-refractivity contribution in [1.82, 2.24) is 9.97 Å². The van der Waals surface area contributed by atoms with Gasteiger partial charge in [-0.2, -0.15) is 0 Å². The molecule has 0 spiro atoms. The van der Waals surface area contributed by atoms with Crippen LogP contribution in [0.5, 0.6) is 11.5 Å². The number of rotatable bonds is 3. The highest BCUT2D eigenvalue weighted by atomic mass is 35.5. The number of nitrogens with two attached hydrogens (primary N) is 1. The molecule has 1 atom stereocenters. The van der Waals surface area contributed by atoms with Gasteiger partial charge in [0, 0.05) is 11.4 Å². The smallest absolute Gasteiger partial charge is 0.231 e. The zero-order chi connectivity index (χ0) is 20.7. The number of hydrogen-bond donors (Lipinski definition) is 2. The summed E-state index contributed by atoms with van der Waals surface area (Å²) in [6, 6.07) is 13.5. The van der Waals surface area contributed by atoms with Crippen LogP contribution >= 0.6 is 23.4 Å². The van der Waals surface area contributed by atoms with Crippen molar-refractivity contribution in [3.63, 3.8) is 0 Å². The fraction of sp³-hybridized carbons (Fsp3) is 0.190. The van der Waals surface area contributed by atoms with E-state index in [1.165, 1.54) is 11.8 Å². The second-order valence-corrected chi connectivity index (χ2v) is 8.08. The summed E-state index contributed by atoms with van der Waals surface area (Å²) in [6.45, 7) is 0.234. The Bertz CT molecular complexity index is 1150. The second kappa shape index (κ2) is 7.70. The lowest BCUT2D eigenvalue weighted by molar-refractivity contribution is 0.174. The first kappa shape index (κ1) is 19.0. The SMILES string of the molecule is CSc1nc(N)c2c(n1)NC(c1ccc3c(c1)OCO3)CC(c1ccc(Cl)cc1)=N2. The third kappa shape index (κ3) is 3.53. The van der Waals surface area contributed by atoms with Gasteiger partial charge in [-0.05, 0) is 41.6 Å². The predicted octanol–water partition coefficient (Wildman–Crippen LogP) is 4.84. The van der Waals surface area contributed by atoms with E-state index < -0.39 is 0 Å². The molecule has 3 N–H and O–H groups in total. The molecule has 30 heavy (non-hydrogen) atoms. The van der Waals surface area contributed by atoms with Crippen LogP contribution in [0.25, 0.3) is 0 Å². The molecule has 2 aliphatic heterocycles. The van der Waals surface area contributed by atoms with Crippen LogP contribution in [-0.4, -0.2) is 28.7 Å². The van der Waals surface area contributed by atoms with Gasteiger partial charge in [-0.25, -0.2) is 15.0 Å². The van der Waals surface area contributed by atoms with Gasteiger partial charge in [0.1, 0.15) is 5.69 Å². The monoisotopic (exact) mass is 439 g/mol. The summed E-state index contributed by atoms with van der Waals surface area (Å²) < 4.78 is 11.0. The van der Waals surface area contributed by atoms with Crippen LogP contribution in [0.3, 0.4) is 0 Å². The Morgan fingerprint density at radius 3 is 2.70 bits per heavy atom. The predicted molar refractivity (Wildman–Crippen MR) is 119 cm³/mol. The maximum absolute atomic E-state index is 6.24. The zero-order valence-corrected chi connectivity index (χ0v) is 17.6. The zero-order valence-electron chi connectivity index (χ0n) is 16.1. The van der Waals surface area contributed by atoms with Crippen molar-refractivity contribution in [2.45, 2.75) is 17.6 Å². The maximum Gasteiger partial charge on any atom is 0.231 e. The van der Waals surface area contributed by atoms with E-state index in [1.807, 2.05) is 48.7 Å². The summed E-state index contributed by atoms with van der Waals surface area (Å²) >= 11 is 7.51. The number of nitrogen functional groups attached to an aromatic ring is 1. The largest absolute Gasteiger partial charge is 0.454 e. The first-order valence-corrected chi connectivity index (χ1v) is 10.9. The van der Waals surface area contributed by atoms with Crippen LogP contribution in [0.15, 0.2) is 52.6 Å². The Labute approximate surface area is 182 Å². The number of benzene rings is 2. The van der Waals surface area contributed by atoms with Gasteiger partial charge in [0.25, 0.3) is 0 Å². The summed E-state index contributed by atoms with van der Waals surface area (Å²) in [4.78, 5) is 13.8. The van der Waals surface area contributed by atoms with Crippen molar-refractivity contribution in [3.8, 4) is 11.5 Å². The Balaban J connectivity index is 1.62. The molecule has 0 saturated heterocycles. The molecule has 0 aliphatic carbocycles. The quantitative estimate of drug-likeness (QED) is 0.445. The molecule has 3 heterocycles. The molecule has 2 aromatic carbocycles. The Morgan fingerprint density at radius 2 is 1.90 bits per heavy atom. The number of anilines is 2. The van der Waals surface area contributed by atoms with Gasteiger partial charge in [-0.15, -0.1) is 0 Å². The fourth-order valence-corrected chi connectivity index (χ4v) is 4.00. The molecule has 0 amide bonds. The number of aliphatic imine (C=N–C) groups is 1. The summed E-state index contributed by atoms with van der Waals surface area (Å²) in [6.07, 6.45) is 2.53. The van der Waals surface area contributed by atoms with Crippen molar-refractivity contribution in [2.24, 2.45) is 4.99 Å². The van der Waals surface area contributed by atoms with E-state index >= 15 is 0 Å². The van der Waals surface area contributed by atoms with Crippen molar-refractivity contribution < 1.29 is 9.47 Å². The van der Waals surface area contributed by atoms with E-state index in [0.29, 0.717) is 33.9 Å². The minimum atomic E-state index is -0.0980. The number of nitrogens with zero attached hydrogens (tertiary/aromatic N) is 3. The van der Waals surface area contributed by atoms with Crippen LogP contribution in [0.2, 0.25) is 5.02 Å². The average molecular weight is 440 g/mol. The topological polar surface area (TPSA) is 94.7 Å². The molecule has 0 saturated carbocycles. The Kier molecular flexibility index (Phi) is 4.88. The number of aromatic nitrogens is 2. The third-order valence-corrected chi connectivity index (χ3v) is 5.80. The molecule has 0 bridgehead atoms. The molecule has 152 valence electrons. The summed E-state index contributed by atoms with van der Waals surface area (Å²) in [5, 5.41) is 4.78. The first-order chi connectivity index (χ1) is 14.6. The second-order valence-electron chi connectivity index (χ2n) is 6.87. The van der Waals surface area contributed by atoms with Crippen LogP contribution < -0.4 is 20.5 Å². The molecule has 7 nitrogen and oxygen atoms in total. The Morgan fingerprint density at radius 1 is 1.10 bits per heavy atom. The molecule has 5 rings (SSSR count). The minimum Gasteiger partial charge on any atom is -0.454 e. The van der Waals surface area contributed by atoms with Gasteiger partial charge >= 0.3 is 0 Å². The summed E-state index contributed by atoms with van der Waals surface area (Å²) in [5.41, 5.74) is 9.66. The highest BCUT2D eigenvalue weighted by Crippen LogP contribution is 2.40.